The van der Waals surface area contributed by atoms with Crippen molar-refractivity contribution in [3.05, 3.63) is 35.9 Å². The van der Waals surface area contributed by atoms with Crippen LogP contribution in [0.1, 0.15) is 38.7 Å². The lowest BCUT2D eigenvalue weighted by Crippen LogP contribution is -2.29. The molecule has 0 radical (unpaired) electrons. The standard InChI is InChI=1S/C15H23N/c1-15(2)10-8-14(12-15)16-11-9-13-6-4-3-5-7-13/h3-7,14,16H,8-12H2,1-2H3. The average Bonchev–Trinajstić information content (AvgIpc) is 2.60. The summed E-state index contributed by atoms with van der Waals surface area (Å²) in [5, 5.41) is 3.69. The van der Waals surface area contributed by atoms with Crippen molar-refractivity contribution in [2.24, 2.45) is 5.41 Å². The number of rotatable bonds is 4. The third-order valence-electron chi connectivity index (χ3n) is 3.66. The Morgan fingerprint density at radius 3 is 2.62 bits per heavy atom. The smallest absolute Gasteiger partial charge is 0.00724 e. The van der Waals surface area contributed by atoms with Crippen LogP contribution < -0.4 is 5.32 Å². The number of hydrogen-bond donors (Lipinski definition) is 1. The Balaban J connectivity index is 1.70. The average molecular weight is 217 g/mol. The molecule has 1 unspecified atom stereocenters. The maximum atomic E-state index is 3.69. The molecule has 0 amide bonds. The molecule has 0 heterocycles. The van der Waals surface area contributed by atoms with Crippen molar-refractivity contribution in [1.82, 2.24) is 5.32 Å². The Morgan fingerprint density at radius 1 is 1.25 bits per heavy atom. The first kappa shape index (κ1) is 11.7. The molecular formula is C15H23N. The molecule has 1 aromatic rings. The molecule has 1 fully saturated rings. The van der Waals surface area contributed by atoms with Crippen molar-refractivity contribution < 1.29 is 0 Å². The van der Waals surface area contributed by atoms with E-state index in [9.17, 15) is 0 Å². The summed E-state index contributed by atoms with van der Waals surface area (Å²) in [4.78, 5) is 0. The van der Waals surface area contributed by atoms with E-state index < -0.39 is 0 Å². The first-order valence-electron chi connectivity index (χ1n) is 6.43. The summed E-state index contributed by atoms with van der Waals surface area (Å²) in [6, 6.07) is 11.5. The van der Waals surface area contributed by atoms with Gasteiger partial charge in [0.05, 0.1) is 0 Å². The molecule has 0 saturated heterocycles. The van der Waals surface area contributed by atoms with Gasteiger partial charge >= 0.3 is 0 Å². The largest absolute Gasteiger partial charge is 0.314 e. The summed E-state index contributed by atoms with van der Waals surface area (Å²) in [6.07, 6.45) is 5.21. The second-order valence-electron chi connectivity index (χ2n) is 5.79. The molecule has 1 nitrogen and oxygen atoms in total. The van der Waals surface area contributed by atoms with Gasteiger partial charge in [-0.15, -0.1) is 0 Å². The van der Waals surface area contributed by atoms with Crippen LogP contribution in [0.3, 0.4) is 0 Å². The SMILES string of the molecule is CC1(C)CCC(NCCc2ccccc2)C1. The fraction of sp³-hybridized carbons (Fsp3) is 0.600. The molecule has 1 N–H and O–H groups in total. The Bertz CT molecular complexity index is 315. The van der Waals surface area contributed by atoms with Gasteiger partial charge in [-0.25, -0.2) is 0 Å². The van der Waals surface area contributed by atoms with E-state index in [0.29, 0.717) is 5.41 Å². The number of nitrogens with one attached hydrogen (secondary N) is 1. The van der Waals surface area contributed by atoms with Crippen molar-refractivity contribution in [1.29, 1.82) is 0 Å². The maximum absolute atomic E-state index is 3.69. The summed E-state index contributed by atoms with van der Waals surface area (Å²) in [7, 11) is 0. The van der Waals surface area contributed by atoms with Crippen LogP contribution in [0.15, 0.2) is 30.3 Å². The van der Waals surface area contributed by atoms with Gasteiger partial charge in [-0.2, -0.15) is 0 Å². The van der Waals surface area contributed by atoms with Gasteiger partial charge in [0.2, 0.25) is 0 Å². The lowest BCUT2D eigenvalue weighted by molar-refractivity contribution is 0.365. The highest BCUT2D eigenvalue weighted by Crippen LogP contribution is 2.36. The highest BCUT2D eigenvalue weighted by molar-refractivity contribution is 5.14. The van der Waals surface area contributed by atoms with Crippen molar-refractivity contribution >= 4 is 0 Å². The van der Waals surface area contributed by atoms with Gasteiger partial charge in [0.1, 0.15) is 0 Å². The van der Waals surface area contributed by atoms with Crippen LogP contribution in [-0.4, -0.2) is 12.6 Å². The van der Waals surface area contributed by atoms with Crippen LogP contribution in [0.25, 0.3) is 0 Å². The third kappa shape index (κ3) is 3.34. The molecule has 1 aromatic carbocycles. The molecule has 16 heavy (non-hydrogen) atoms. The molecular weight excluding hydrogens is 194 g/mol. The molecule has 1 saturated carbocycles. The molecule has 1 heteroatoms. The minimum absolute atomic E-state index is 0.560. The first-order chi connectivity index (χ1) is 7.66. The summed E-state index contributed by atoms with van der Waals surface area (Å²) >= 11 is 0. The van der Waals surface area contributed by atoms with E-state index in [1.54, 1.807) is 0 Å². The Labute approximate surface area is 99.3 Å². The predicted molar refractivity (Wildman–Crippen MR) is 69.6 cm³/mol. The molecule has 0 aromatic heterocycles. The monoisotopic (exact) mass is 217 g/mol. The normalized spacial score (nSPS) is 23.5. The summed E-state index contributed by atoms with van der Waals surface area (Å²) in [6.45, 7) is 5.88. The molecule has 0 spiro atoms. The minimum atomic E-state index is 0.560. The summed E-state index contributed by atoms with van der Waals surface area (Å²) in [5.41, 5.74) is 2.00. The highest BCUT2D eigenvalue weighted by Gasteiger charge is 2.30. The highest BCUT2D eigenvalue weighted by atomic mass is 14.9. The van der Waals surface area contributed by atoms with Crippen molar-refractivity contribution in [3.63, 3.8) is 0 Å². The first-order valence-corrected chi connectivity index (χ1v) is 6.43. The zero-order chi connectivity index (χ0) is 11.4. The van der Waals surface area contributed by atoms with E-state index in [2.05, 4.69) is 49.5 Å². The van der Waals surface area contributed by atoms with E-state index in [0.717, 1.165) is 19.0 Å². The Hall–Kier alpha value is -0.820. The van der Waals surface area contributed by atoms with Crippen molar-refractivity contribution in [2.45, 2.75) is 45.6 Å². The molecule has 88 valence electrons. The van der Waals surface area contributed by atoms with Crippen molar-refractivity contribution in [2.75, 3.05) is 6.54 Å². The fourth-order valence-electron chi connectivity index (χ4n) is 2.68. The van der Waals surface area contributed by atoms with Crippen molar-refractivity contribution in [3.8, 4) is 0 Å². The fourth-order valence-corrected chi connectivity index (χ4v) is 2.68. The molecule has 1 aliphatic rings. The van der Waals surface area contributed by atoms with Crippen LogP contribution in [0.4, 0.5) is 0 Å². The predicted octanol–water partition coefficient (Wildman–Crippen LogP) is 3.40. The van der Waals surface area contributed by atoms with E-state index in [4.69, 9.17) is 0 Å². The molecule has 2 rings (SSSR count). The second kappa shape index (κ2) is 5.01. The zero-order valence-electron chi connectivity index (χ0n) is 10.5. The lowest BCUT2D eigenvalue weighted by Gasteiger charge is -2.17. The van der Waals surface area contributed by atoms with E-state index in [1.165, 1.54) is 24.8 Å². The lowest BCUT2D eigenvalue weighted by atomic mass is 9.92. The van der Waals surface area contributed by atoms with Gasteiger partial charge in [-0.1, -0.05) is 44.2 Å². The quantitative estimate of drug-likeness (QED) is 0.815. The number of hydrogen-bond acceptors (Lipinski definition) is 1. The van der Waals surface area contributed by atoms with Gasteiger partial charge in [0.25, 0.3) is 0 Å². The van der Waals surface area contributed by atoms with Gasteiger partial charge in [-0.3, -0.25) is 0 Å². The number of benzene rings is 1. The van der Waals surface area contributed by atoms with Crippen LogP contribution in [0, 0.1) is 5.41 Å². The molecule has 1 atom stereocenters. The van der Waals surface area contributed by atoms with Crippen LogP contribution >= 0.6 is 0 Å². The van der Waals surface area contributed by atoms with E-state index in [-0.39, 0.29) is 0 Å². The van der Waals surface area contributed by atoms with Crippen LogP contribution in [0.5, 0.6) is 0 Å². The Kier molecular flexibility index (Phi) is 3.65. The third-order valence-corrected chi connectivity index (χ3v) is 3.66. The Morgan fingerprint density at radius 2 is 2.00 bits per heavy atom. The zero-order valence-corrected chi connectivity index (χ0v) is 10.5. The van der Waals surface area contributed by atoms with Crippen LogP contribution in [-0.2, 0) is 6.42 Å². The van der Waals surface area contributed by atoms with Crippen LogP contribution in [0.2, 0.25) is 0 Å². The van der Waals surface area contributed by atoms with Gasteiger partial charge in [0.15, 0.2) is 0 Å². The summed E-state index contributed by atoms with van der Waals surface area (Å²) in [5.74, 6) is 0. The molecule has 0 aliphatic heterocycles. The topological polar surface area (TPSA) is 12.0 Å². The second-order valence-corrected chi connectivity index (χ2v) is 5.79. The van der Waals surface area contributed by atoms with E-state index in [1.807, 2.05) is 0 Å². The van der Waals surface area contributed by atoms with Gasteiger partial charge in [0, 0.05) is 6.04 Å². The molecule has 1 aliphatic carbocycles. The molecule has 0 bridgehead atoms. The summed E-state index contributed by atoms with van der Waals surface area (Å²) < 4.78 is 0. The van der Waals surface area contributed by atoms with E-state index >= 15 is 0 Å². The minimum Gasteiger partial charge on any atom is -0.314 e. The van der Waals surface area contributed by atoms with Gasteiger partial charge < -0.3 is 5.32 Å². The maximum Gasteiger partial charge on any atom is 0.00724 e. The van der Waals surface area contributed by atoms with Gasteiger partial charge in [-0.05, 0) is 43.2 Å².